The van der Waals surface area contributed by atoms with Crippen LogP contribution in [-0.2, 0) is 32.9 Å². The van der Waals surface area contributed by atoms with Gasteiger partial charge in [0.05, 0.1) is 15.5 Å². The lowest BCUT2D eigenvalue weighted by atomic mass is 10.0. The Morgan fingerprint density at radius 2 is 1.22 bits per heavy atom. The number of hydrogen-bond donors (Lipinski definition) is 1. The summed E-state index contributed by atoms with van der Waals surface area (Å²) in [6.07, 6.45) is 0.603. The van der Waals surface area contributed by atoms with Gasteiger partial charge in [-0.2, -0.15) is 3.71 Å². The lowest BCUT2D eigenvalue weighted by Gasteiger charge is -2.24. The van der Waals surface area contributed by atoms with E-state index in [0.717, 1.165) is 11.1 Å². The van der Waals surface area contributed by atoms with Crippen LogP contribution in [0, 0.1) is 13.8 Å². The molecule has 1 N–H and O–H groups in total. The summed E-state index contributed by atoms with van der Waals surface area (Å²) in [5.74, 6) is 0.109. The Hall–Kier alpha value is -4.41. The number of phenols is 1. The van der Waals surface area contributed by atoms with E-state index in [0.29, 0.717) is 26.6 Å². The van der Waals surface area contributed by atoms with Gasteiger partial charge in [0.25, 0.3) is 20.0 Å². The number of hydrogen-bond acceptors (Lipinski definition) is 7. The molecule has 0 bridgehead atoms. The molecule has 1 aromatic heterocycles. The quantitative estimate of drug-likeness (QED) is 0.238. The number of benzene rings is 4. The molecule has 0 radical (unpaired) electrons. The molecule has 5 rings (SSSR count). The zero-order valence-corrected chi connectivity index (χ0v) is 23.9. The third-order valence-corrected chi connectivity index (χ3v) is 10.9. The first-order valence-electron chi connectivity index (χ1n) is 12.7. The zero-order valence-electron chi connectivity index (χ0n) is 22.3. The first-order valence-corrected chi connectivity index (χ1v) is 15.6. The van der Waals surface area contributed by atoms with Crippen molar-refractivity contribution in [2.45, 2.75) is 36.5 Å². The second-order valence-corrected chi connectivity index (χ2v) is 13.5. The van der Waals surface area contributed by atoms with Gasteiger partial charge in [-0.15, -0.1) is 0 Å². The largest absolute Gasteiger partial charge is 0.508 e. The SMILES string of the molecule is Cc1ccc(S(=O)(=O)N(c2ccc3oc(=O)c(CCc4ccccc4O)cc3c2)S(=O)(=O)c2ccc(C)cc2)cc1. The van der Waals surface area contributed by atoms with Crippen LogP contribution in [0.15, 0.2) is 116 Å². The molecule has 0 unspecified atom stereocenters. The van der Waals surface area contributed by atoms with Gasteiger partial charge < -0.3 is 9.52 Å². The first-order chi connectivity index (χ1) is 19.5. The van der Waals surface area contributed by atoms with Gasteiger partial charge in [0.15, 0.2) is 0 Å². The number of fused-ring (bicyclic) bond motifs is 1. The van der Waals surface area contributed by atoms with Gasteiger partial charge in [-0.1, -0.05) is 53.6 Å². The molecule has 4 aromatic carbocycles. The molecule has 0 saturated carbocycles. The van der Waals surface area contributed by atoms with Crippen molar-refractivity contribution in [1.29, 1.82) is 0 Å². The number of rotatable bonds is 8. The molecule has 0 aliphatic heterocycles. The predicted octanol–water partition coefficient (Wildman–Crippen LogP) is 5.48. The van der Waals surface area contributed by atoms with Crippen LogP contribution in [0.2, 0.25) is 0 Å². The highest BCUT2D eigenvalue weighted by molar-refractivity contribution is 8.10. The van der Waals surface area contributed by atoms with Crippen molar-refractivity contribution in [3.8, 4) is 5.75 Å². The van der Waals surface area contributed by atoms with E-state index in [1.54, 1.807) is 68.4 Å². The maximum atomic E-state index is 13.9. The fourth-order valence-electron chi connectivity index (χ4n) is 4.45. The van der Waals surface area contributed by atoms with Crippen LogP contribution in [0.5, 0.6) is 5.75 Å². The molecule has 1 heterocycles. The fraction of sp³-hybridized carbons (Fsp3) is 0.129. The third-order valence-electron chi connectivity index (χ3n) is 6.73. The minimum Gasteiger partial charge on any atom is -0.508 e. The van der Waals surface area contributed by atoms with Crippen LogP contribution >= 0.6 is 0 Å². The van der Waals surface area contributed by atoms with Crippen LogP contribution in [0.3, 0.4) is 0 Å². The monoisotopic (exact) mass is 589 g/mol. The van der Waals surface area contributed by atoms with E-state index in [-0.39, 0.29) is 33.2 Å². The first kappa shape index (κ1) is 28.1. The lowest BCUT2D eigenvalue weighted by Crippen LogP contribution is -2.37. The Balaban J connectivity index is 1.64. The highest BCUT2D eigenvalue weighted by Crippen LogP contribution is 2.33. The molecular weight excluding hydrogens is 562 g/mol. The van der Waals surface area contributed by atoms with Crippen molar-refractivity contribution < 1.29 is 26.4 Å². The summed E-state index contributed by atoms with van der Waals surface area (Å²) in [4.78, 5) is 12.3. The second kappa shape index (κ2) is 10.9. The fourth-order valence-corrected chi connectivity index (χ4v) is 8.13. The van der Waals surface area contributed by atoms with Crippen LogP contribution in [-0.4, -0.2) is 21.9 Å². The average molecular weight is 590 g/mol. The normalized spacial score (nSPS) is 12.0. The maximum Gasteiger partial charge on any atom is 0.339 e. The van der Waals surface area contributed by atoms with Gasteiger partial charge in [0, 0.05) is 10.9 Å². The average Bonchev–Trinajstić information content (AvgIpc) is 2.93. The summed E-state index contributed by atoms with van der Waals surface area (Å²) < 4.78 is 61.6. The maximum absolute atomic E-state index is 13.9. The molecule has 0 aliphatic rings. The van der Waals surface area contributed by atoms with Crippen molar-refractivity contribution in [2.75, 3.05) is 3.71 Å². The molecule has 0 saturated heterocycles. The summed E-state index contributed by atoms with van der Waals surface area (Å²) in [7, 11) is -9.20. The van der Waals surface area contributed by atoms with Crippen LogP contribution in [0.4, 0.5) is 5.69 Å². The zero-order chi connectivity index (χ0) is 29.4. The minimum atomic E-state index is -4.60. The number of nitrogens with zero attached hydrogens (tertiary/aromatic N) is 1. The number of para-hydroxylation sites is 1. The predicted molar refractivity (Wildman–Crippen MR) is 157 cm³/mol. The number of anilines is 1. The van der Waals surface area contributed by atoms with Gasteiger partial charge in [-0.3, -0.25) is 0 Å². The summed E-state index contributed by atoms with van der Waals surface area (Å²) in [6.45, 7) is 3.59. The Bertz CT molecular complexity index is 1940. The highest BCUT2D eigenvalue weighted by atomic mass is 32.3. The van der Waals surface area contributed by atoms with Crippen molar-refractivity contribution in [3.63, 3.8) is 0 Å². The lowest BCUT2D eigenvalue weighted by molar-refractivity contribution is 0.467. The van der Waals surface area contributed by atoms with E-state index in [4.69, 9.17) is 4.42 Å². The van der Waals surface area contributed by atoms with Gasteiger partial charge in [0.1, 0.15) is 11.3 Å². The van der Waals surface area contributed by atoms with Crippen molar-refractivity contribution in [2.24, 2.45) is 0 Å². The van der Waals surface area contributed by atoms with Crippen LogP contribution in [0.1, 0.15) is 22.3 Å². The molecule has 10 heteroatoms. The Kier molecular flexibility index (Phi) is 7.46. The summed E-state index contributed by atoms with van der Waals surface area (Å²) in [5.41, 5.74) is 2.04. The summed E-state index contributed by atoms with van der Waals surface area (Å²) in [5, 5.41) is 10.4. The standard InChI is InChI=1S/C31H27NO7S2/c1-21-7-14-27(15-8-21)40(35,36)32(41(37,38)28-16-9-22(2)10-17-28)26-13-18-30-25(20-26)19-24(31(34)39-30)12-11-23-5-3-4-6-29(23)33/h3-10,13-20,33H,11-12H2,1-2H3. The molecule has 41 heavy (non-hydrogen) atoms. The van der Waals surface area contributed by atoms with E-state index in [2.05, 4.69) is 0 Å². The Morgan fingerprint density at radius 1 is 0.683 bits per heavy atom. The molecule has 0 amide bonds. The van der Waals surface area contributed by atoms with E-state index in [9.17, 15) is 26.7 Å². The molecule has 0 aliphatic carbocycles. The molecular formula is C31H27NO7S2. The second-order valence-electron chi connectivity index (χ2n) is 9.74. The smallest absolute Gasteiger partial charge is 0.339 e. The van der Waals surface area contributed by atoms with Crippen LogP contribution in [0.25, 0.3) is 11.0 Å². The highest BCUT2D eigenvalue weighted by Gasteiger charge is 2.37. The van der Waals surface area contributed by atoms with Gasteiger partial charge in [-0.25, -0.2) is 21.6 Å². The molecule has 0 spiro atoms. The van der Waals surface area contributed by atoms with Crippen LogP contribution < -0.4 is 9.34 Å². The van der Waals surface area contributed by atoms with E-state index in [1.165, 1.54) is 42.5 Å². The van der Waals surface area contributed by atoms with Crippen molar-refractivity contribution >= 4 is 36.7 Å². The molecule has 5 aromatic rings. The topological polar surface area (TPSA) is 122 Å². The minimum absolute atomic E-state index is 0.109. The van der Waals surface area contributed by atoms with Gasteiger partial charge in [-0.05, 0) is 86.8 Å². The number of aryl methyl sites for hydroxylation is 4. The van der Waals surface area contributed by atoms with E-state index in [1.807, 2.05) is 0 Å². The van der Waals surface area contributed by atoms with Crippen molar-refractivity contribution in [1.82, 2.24) is 0 Å². The van der Waals surface area contributed by atoms with Crippen molar-refractivity contribution in [3.05, 3.63) is 130 Å². The molecule has 210 valence electrons. The van der Waals surface area contributed by atoms with Gasteiger partial charge >= 0.3 is 5.63 Å². The van der Waals surface area contributed by atoms with E-state index < -0.39 is 25.7 Å². The molecule has 8 nitrogen and oxygen atoms in total. The summed E-state index contributed by atoms with van der Waals surface area (Å²) >= 11 is 0. The number of phenolic OH excluding ortho intramolecular Hbond substituents is 1. The number of aromatic hydroxyl groups is 1. The molecule has 0 atom stereocenters. The number of sulfonamides is 2. The Labute approximate surface area is 238 Å². The van der Waals surface area contributed by atoms with Gasteiger partial charge in [0.2, 0.25) is 0 Å². The third kappa shape index (κ3) is 5.61. The summed E-state index contributed by atoms with van der Waals surface area (Å²) in [6, 6.07) is 24.2. The molecule has 0 fully saturated rings. The Morgan fingerprint density at radius 3 is 1.78 bits per heavy atom. The van der Waals surface area contributed by atoms with E-state index >= 15 is 0 Å².